The number of aryl methyl sites for hydroxylation is 1. The summed E-state index contributed by atoms with van der Waals surface area (Å²) in [5.74, 6) is 1.38. The number of nitrogens with zero attached hydrogens (tertiary/aromatic N) is 2. The molecule has 2 aromatic carbocycles. The molecule has 0 fully saturated rings. The highest BCUT2D eigenvalue weighted by Crippen LogP contribution is 2.24. The Morgan fingerprint density at radius 2 is 1.81 bits per heavy atom. The molecule has 0 aliphatic carbocycles. The second-order valence-electron chi connectivity index (χ2n) is 7.23. The van der Waals surface area contributed by atoms with Crippen molar-refractivity contribution in [1.29, 1.82) is 0 Å². The van der Waals surface area contributed by atoms with E-state index in [-0.39, 0.29) is 11.9 Å². The van der Waals surface area contributed by atoms with Crippen LogP contribution < -0.4 is 5.32 Å². The van der Waals surface area contributed by atoms with Crippen LogP contribution in [0.5, 0.6) is 0 Å². The molecule has 0 bridgehead atoms. The molecule has 4 nitrogen and oxygen atoms in total. The van der Waals surface area contributed by atoms with Crippen molar-refractivity contribution < 1.29 is 4.79 Å². The van der Waals surface area contributed by atoms with Crippen molar-refractivity contribution in [1.82, 2.24) is 14.9 Å². The molecule has 3 aromatic rings. The van der Waals surface area contributed by atoms with Crippen molar-refractivity contribution in [2.75, 3.05) is 0 Å². The van der Waals surface area contributed by atoms with E-state index >= 15 is 0 Å². The Kier molecular flexibility index (Phi) is 5.12. The van der Waals surface area contributed by atoms with Gasteiger partial charge in [-0.05, 0) is 62.1 Å². The summed E-state index contributed by atoms with van der Waals surface area (Å²) >= 11 is 0. The fourth-order valence-corrected chi connectivity index (χ4v) is 3.09. The Bertz CT molecular complexity index is 922. The summed E-state index contributed by atoms with van der Waals surface area (Å²) in [6.07, 6.45) is 0.911. The van der Waals surface area contributed by atoms with Gasteiger partial charge in [-0.15, -0.1) is 0 Å². The second kappa shape index (κ2) is 7.32. The number of aromatic nitrogens is 2. The first kappa shape index (κ1) is 18.2. The smallest absolute Gasteiger partial charge is 0.251 e. The highest BCUT2D eigenvalue weighted by Gasteiger charge is 2.14. The maximum atomic E-state index is 12.4. The largest absolute Gasteiger partial charge is 0.350 e. The SMILES string of the molecule is CCC(C)NC(=O)c1ccc2c(c1)nc(C)n2-c1ccc(C(C)C)cc1. The molecule has 136 valence electrons. The van der Waals surface area contributed by atoms with E-state index in [4.69, 9.17) is 0 Å². The first-order valence-electron chi connectivity index (χ1n) is 9.31. The average Bonchev–Trinajstić information content (AvgIpc) is 2.96. The third-order valence-corrected chi connectivity index (χ3v) is 4.89. The number of hydrogen-bond donors (Lipinski definition) is 1. The van der Waals surface area contributed by atoms with Crippen LogP contribution in [0.15, 0.2) is 42.5 Å². The average molecular weight is 349 g/mol. The Hall–Kier alpha value is -2.62. The number of fused-ring (bicyclic) bond motifs is 1. The summed E-state index contributed by atoms with van der Waals surface area (Å²) in [4.78, 5) is 17.0. The number of rotatable bonds is 5. The summed E-state index contributed by atoms with van der Waals surface area (Å²) in [7, 11) is 0. The zero-order chi connectivity index (χ0) is 18.8. The number of carbonyl (C=O) groups is 1. The summed E-state index contributed by atoms with van der Waals surface area (Å²) in [5.41, 5.74) is 4.91. The summed E-state index contributed by atoms with van der Waals surface area (Å²) in [6, 6.07) is 14.5. The predicted octanol–water partition coefficient (Wildman–Crippen LogP) is 4.99. The van der Waals surface area contributed by atoms with Gasteiger partial charge in [0.05, 0.1) is 11.0 Å². The molecule has 1 amide bonds. The lowest BCUT2D eigenvalue weighted by molar-refractivity contribution is 0.0939. The van der Waals surface area contributed by atoms with Crippen LogP contribution in [0.1, 0.15) is 61.8 Å². The monoisotopic (exact) mass is 349 g/mol. The van der Waals surface area contributed by atoms with Crippen molar-refractivity contribution >= 4 is 16.9 Å². The van der Waals surface area contributed by atoms with E-state index in [1.807, 2.05) is 32.0 Å². The topological polar surface area (TPSA) is 46.9 Å². The van der Waals surface area contributed by atoms with E-state index < -0.39 is 0 Å². The van der Waals surface area contributed by atoms with Crippen LogP contribution in [0.25, 0.3) is 16.7 Å². The predicted molar refractivity (Wildman–Crippen MR) is 107 cm³/mol. The zero-order valence-corrected chi connectivity index (χ0v) is 16.2. The highest BCUT2D eigenvalue weighted by molar-refractivity contribution is 5.97. The van der Waals surface area contributed by atoms with E-state index in [2.05, 4.69) is 59.9 Å². The molecule has 3 rings (SSSR count). The van der Waals surface area contributed by atoms with Crippen molar-refractivity contribution in [3.8, 4) is 5.69 Å². The fourth-order valence-electron chi connectivity index (χ4n) is 3.09. The first-order chi connectivity index (χ1) is 12.4. The number of amides is 1. The van der Waals surface area contributed by atoms with E-state index in [9.17, 15) is 4.79 Å². The molecule has 26 heavy (non-hydrogen) atoms. The highest BCUT2D eigenvalue weighted by atomic mass is 16.1. The van der Waals surface area contributed by atoms with Gasteiger partial charge in [0.2, 0.25) is 0 Å². The maximum absolute atomic E-state index is 12.4. The quantitative estimate of drug-likeness (QED) is 0.706. The van der Waals surface area contributed by atoms with Gasteiger partial charge in [-0.1, -0.05) is 32.9 Å². The Labute approximate surface area is 155 Å². The molecule has 0 aliphatic rings. The number of carbonyl (C=O) groups excluding carboxylic acids is 1. The molecule has 4 heteroatoms. The van der Waals surface area contributed by atoms with Gasteiger partial charge in [0.15, 0.2) is 0 Å². The molecule has 1 aromatic heterocycles. The number of benzene rings is 2. The van der Waals surface area contributed by atoms with Crippen LogP contribution in [0.4, 0.5) is 0 Å². The van der Waals surface area contributed by atoms with E-state index in [1.165, 1.54) is 5.56 Å². The molecular weight excluding hydrogens is 322 g/mol. The lowest BCUT2D eigenvalue weighted by Crippen LogP contribution is -2.31. The van der Waals surface area contributed by atoms with Crippen molar-refractivity contribution in [3.63, 3.8) is 0 Å². The van der Waals surface area contributed by atoms with E-state index in [0.29, 0.717) is 11.5 Å². The van der Waals surface area contributed by atoms with Crippen LogP contribution in [0.2, 0.25) is 0 Å². The fraction of sp³-hybridized carbons (Fsp3) is 0.364. The minimum absolute atomic E-state index is 0.0465. The molecule has 0 aliphatic heterocycles. The van der Waals surface area contributed by atoms with Gasteiger partial charge in [-0.2, -0.15) is 0 Å². The van der Waals surface area contributed by atoms with Crippen LogP contribution >= 0.6 is 0 Å². The second-order valence-corrected chi connectivity index (χ2v) is 7.23. The maximum Gasteiger partial charge on any atom is 0.251 e. The Morgan fingerprint density at radius 3 is 2.42 bits per heavy atom. The number of imidazole rings is 1. The van der Waals surface area contributed by atoms with Crippen LogP contribution in [0.3, 0.4) is 0 Å². The standard InChI is InChI=1S/C22H27N3O/c1-6-15(4)23-22(26)18-9-12-21-20(13-18)24-16(5)25(21)19-10-7-17(8-11-19)14(2)3/h7-15H,6H2,1-5H3,(H,23,26). The van der Waals surface area contributed by atoms with Gasteiger partial charge < -0.3 is 5.32 Å². The first-order valence-corrected chi connectivity index (χ1v) is 9.31. The van der Waals surface area contributed by atoms with Gasteiger partial charge >= 0.3 is 0 Å². The molecule has 1 atom stereocenters. The molecule has 1 unspecified atom stereocenters. The number of nitrogens with one attached hydrogen (secondary N) is 1. The minimum Gasteiger partial charge on any atom is -0.350 e. The molecule has 0 spiro atoms. The van der Waals surface area contributed by atoms with Gasteiger partial charge in [0.25, 0.3) is 5.91 Å². The van der Waals surface area contributed by atoms with Crippen molar-refractivity contribution in [3.05, 3.63) is 59.4 Å². The summed E-state index contributed by atoms with van der Waals surface area (Å²) in [6.45, 7) is 10.5. The van der Waals surface area contributed by atoms with Crippen LogP contribution in [0, 0.1) is 6.92 Å². The molecule has 1 N–H and O–H groups in total. The number of hydrogen-bond acceptors (Lipinski definition) is 2. The molecule has 1 heterocycles. The van der Waals surface area contributed by atoms with Gasteiger partial charge in [-0.3, -0.25) is 9.36 Å². The van der Waals surface area contributed by atoms with Crippen molar-refractivity contribution in [2.24, 2.45) is 0 Å². The van der Waals surface area contributed by atoms with Gasteiger partial charge in [-0.25, -0.2) is 4.98 Å². The van der Waals surface area contributed by atoms with Gasteiger partial charge in [0.1, 0.15) is 5.82 Å². The van der Waals surface area contributed by atoms with E-state index in [1.54, 1.807) is 0 Å². The lowest BCUT2D eigenvalue weighted by atomic mass is 10.0. The van der Waals surface area contributed by atoms with Gasteiger partial charge in [0, 0.05) is 17.3 Å². The molecule has 0 saturated heterocycles. The molecular formula is C22H27N3O. The minimum atomic E-state index is -0.0465. The molecule has 0 saturated carbocycles. The third kappa shape index (κ3) is 3.50. The Balaban J connectivity index is 1.98. The third-order valence-electron chi connectivity index (χ3n) is 4.89. The summed E-state index contributed by atoms with van der Waals surface area (Å²) < 4.78 is 2.13. The Morgan fingerprint density at radius 1 is 1.12 bits per heavy atom. The zero-order valence-electron chi connectivity index (χ0n) is 16.2. The van der Waals surface area contributed by atoms with E-state index in [0.717, 1.165) is 29.0 Å². The lowest BCUT2D eigenvalue weighted by Gasteiger charge is -2.12. The molecule has 0 radical (unpaired) electrons. The van der Waals surface area contributed by atoms with Crippen molar-refractivity contribution in [2.45, 2.75) is 53.0 Å². The summed E-state index contributed by atoms with van der Waals surface area (Å²) in [5, 5.41) is 3.01. The van der Waals surface area contributed by atoms with Crippen LogP contribution in [-0.4, -0.2) is 21.5 Å². The normalized spacial score (nSPS) is 12.5. The van der Waals surface area contributed by atoms with Crippen LogP contribution in [-0.2, 0) is 0 Å².